The lowest BCUT2D eigenvalue weighted by Crippen LogP contribution is -2.01. The van der Waals surface area contributed by atoms with Gasteiger partial charge in [0.2, 0.25) is 0 Å². The minimum atomic E-state index is 0.583. The Bertz CT molecular complexity index is 3290. The van der Waals surface area contributed by atoms with Crippen molar-refractivity contribution >= 4 is 43.5 Å². The molecule has 0 amide bonds. The average molecular weight is 728 g/mol. The van der Waals surface area contributed by atoms with Crippen LogP contribution in [0.1, 0.15) is 0 Å². The molecule has 0 aliphatic rings. The van der Waals surface area contributed by atoms with Crippen LogP contribution in [0.5, 0.6) is 0 Å². The van der Waals surface area contributed by atoms with Gasteiger partial charge in [0.05, 0.1) is 0 Å². The number of hydrogen-bond acceptors (Lipinski definition) is 4. The molecule has 57 heavy (non-hydrogen) atoms. The number of para-hydroxylation sites is 1. The fraction of sp³-hybridized carbons (Fsp3) is 0. The normalized spacial score (nSPS) is 11.5. The molecule has 2 heterocycles. The molecule has 0 unspecified atom stereocenters. The van der Waals surface area contributed by atoms with Crippen molar-refractivity contribution in [1.82, 2.24) is 15.0 Å². The first-order chi connectivity index (χ1) is 28.2. The van der Waals surface area contributed by atoms with Gasteiger partial charge in [-0.15, -0.1) is 0 Å². The molecule has 11 rings (SSSR count). The Labute approximate surface area is 329 Å². The predicted octanol–water partition coefficient (Wildman–Crippen LogP) is 14.1. The van der Waals surface area contributed by atoms with Gasteiger partial charge in [-0.2, -0.15) is 0 Å². The molecule has 4 heteroatoms. The Morgan fingerprint density at radius 1 is 0.298 bits per heavy atom. The zero-order valence-corrected chi connectivity index (χ0v) is 30.8. The summed E-state index contributed by atoms with van der Waals surface area (Å²) in [6, 6.07) is 69.9. The van der Waals surface area contributed by atoms with Crippen molar-refractivity contribution in [3.8, 4) is 67.5 Å². The number of fused-ring (bicyclic) bond motifs is 5. The number of hydrogen-bond donors (Lipinski definition) is 0. The number of furan rings is 1. The van der Waals surface area contributed by atoms with Crippen LogP contribution in [0.2, 0.25) is 0 Å². The molecular formula is C53H33N3O. The van der Waals surface area contributed by atoms with Crippen molar-refractivity contribution < 1.29 is 4.42 Å². The second-order valence-corrected chi connectivity index (χ2v) is 14.4. The number of rotatable bonds is 6. The molecule has 266 valence electrons. The number of benzene rings is 9. The van der Waals surface area contributed by atoms with Crippen molar-refractivity contribution in [3.05, 3.63) is 200 Å². The molecule has 4 nitrogen and oxygen atoms in total. The maximum Gasteiger partial charge on any atom is 0.164 e. The van der Waals surface area contributed by atoms with E-state index in [1.165, 1.54) is 27.1 Å². The van der Waals surface area contributed by atoms with E-state index in [1.807, 2.05) is 42.5 Å². The van der Waals surface area contributed by atoms with Crippen LogP contribution in [0.15, 0.2) is 205 Å². The van der Waals surface area contributed by atoms with E-state index in [-0.39, 0.29) is 0 Å². The smallest absolute Gasteiger partial charge is 0.164 e. The zero-order chi connectivity index (χ0) is 37.7. The molecule has 0 N–H and O–H groups in total. The summed E-state index contributed by atoms with van der Waals surface area (Å²) in [6.07, 6.45) is 0. The molecular weight excluding hydrogens is 695 g/mol. The highest BCUT2D eigenvalue weighted by Gasteiger charge is 2.22. The van der Waals surface area contributed by atoms with E-state index < -0.39 is 0 Å². The van der Waals surface area contributed by atoms with Gasteiger partial charge >= 0.3 is 0 Å². The lowest BCUT2D eigenvalue weighted by atomic mass is 9.90. The summed E-state index contributed by atoms with van der Waals surface area (Å²) in [4.78, 5) is 15.7. The second-order valence-electron chi connectivity index (χ2n) is 14.4. The molecule has 0 bridgehead atoms. The van der Waals surface area contributed by atoms with E-state index >= 15 is 0 Å². The maximum absolute atomic E-state index is 6.72. The summed E-state index contributed by atoms with van der Waals surface area (Å²) in [5.74, 6) is 1.79. The van der Waals surface area contributed by atoms with Crippen LogP contribution in [0, 0.1) is 0 Å². The van der Waals surface area contributed by atoms with Crippen molar-refractivity contribution in [3.63, 3.8) is 0 Å². The van der Waals surface area contributed by atoms with Crippen LogP contribution in [0.4, 0.5) is 0 Å². The van der Waals surface area contributed by atoms with Crippen LogP contribution in [0.25, 0.3) is 111 Å². The van der Waals surface area contributed by atoms with Gasteiger partial charge in [-0.3, -0.25) is 0 Å². The Hall–Kier alpha value is -7.69. The van der Waals surface area contributed by atoms with E-state index in [0.29, 0.717) is 17.5 Å². The van der Waals surface area contributed by atoms with Gasteiger partial charge in [0.15, 0.2) is 17.5 Å². The largest absolute Gasteiger partial charge is 0.455 e. The monoisotopic (exact) mass is 727 g/mol. The van der Waals surface area contributed by atoms with Gasteiger partial charge in [-0.1, -0.05) is 170 Å². The lowest BCUT2D eigenvalue weighted by Gasteiger charge is -2.15. The third kappa shape index (κ3) is 5.74. The fourth-order valence-corrected chi connectivity index (χ4v) is 8.18. The number of aromatic nitrogens is 3. The molecule has 2 aromatic heterocycles. The van der Waals surface area contributed by atoms with Crippen LogP contribution < -0.4 is 0 Å². The summed E-state index contributed by atoms with van der Waals surface area (Å²) in [7, 11) is 0. The van der Waals surface area contributed by atoms with Crippen LogP contribution in [-0.2, 0) is 0 Å². The topological polar surface area (TPSA) is 51.8 Å². The van der Waals surface area contributed by atoms with Crippen LogP contribution in [-0.4, -0.2) is 15.0 Å². The quantitative estimate of drug-likeness (QED) is 0.171. The van der Waals surface area contributed by atoms with Crippen LogP contribution in [0.3, 0.4) is 0 Å². The van der Waals surface area contributed by atoms with Crippen molar-refractivity contribution in [1.29, 1.82) is 0 Å². The first-order valence-electron chi connectivity index (χ1n) is 19.2. The molecule has 0 fully saturated rings. The summed E-state index contributed by atoms with van der Waals surface area (Å²) in [5, 5.41) is 6.78. The van der Waals surface area contributed by atoms with Crippen molar-refractivity contribution in [2.45, 2.75) is 0 Å². The highest BCUT2D eigenvalue weighted by Crippen LogP contribution is 2.43. The van der Waals surface area contributed by atoms with Crippen LogP contribution >= 0.6 is 0 Å². The molecule has 11 aromatic rings. The van der Waals surface area contributed by atoms with E-state index in [0.717, 1.165) is 66.4 Å². The molecule has 0 saturated carbocycles. The maximum atomic E-state index is 6.72. The molecule has 9 aromatic carbocycles. The first kappa shape index (κ1) is 32.7. The minimum Gasteiger partial charge on any atom is -0.455 e. The highest BCUT2D eigenvalue weighted by molar-refractivity contribution is 6.16. The number of nitrogens with zero attached hydrogens (tertiary/aromatic N) is 3. The standard InChI is InChI=1S/C53H33N3O/c1-3-15-36(16-4-1)47-33-40(28-29-44(47)43-24-13-21-35-17-9-10-22-41(35)43)52-54-51(37-18-5-2-6-19-37)55-53(56-52)46-31-30-42(39-27-26-34-14-7-8-20-38(34)32-39)50-49(46)45-23-11-12-25-48(45)57-50/h1-33H. The summed E-state index contributed by atoms with van der Waals surface area (Å²) < 4.78 is 6.72. The average Bonchev–Trinajstić information content (AvgIpc) is 3.68. The van der Waals surface area contributed by atoms with Gasteiger partial charge in [-0.25, -0.2) is 15.0 Å². The molecule has 0 aliphatic heterocycles. The SMILES string of the molecule is c1ccc(-c2nc(-c3ccc(-c4cccc5ccccc45)c(-c4ccccc4)c3)nc(-c3ccc(-c4ccc5ccccc5c4)c4oc5ccccc5c34)n2)cc1. The van der Waals surface area contributed by atoms with Gasteiger partial charge in [0.25, 0.3) is 0 Å². The predicted molar refractivity (Wildman–Crippen MR) is 235 cm³/mol. The fourth-order valence-electron chi connectivity index (χ4n) is 8.18. The molecule has 0 atom stereocenters. The minimum absolute atomic E-state index is 0.583. The van der Waals surface area contributed by atoms with E-state index in [4.69, 9.17) is 19.4 Å². The molecule has 0 radical (unpaired) electrons. The Balaban J connectivity index is 1.14. The van der Waals surface area contributed by atoms with Gasteiger partial charge in [0, 0.05) is 33.0 Å². The summed E-state index contributed by atoms with van der Waals surface area (Å²) in [6.45, 7) is 0. The summed E-state index contributed by atoms with van der Waals surface area (Å²) >= 11 is 0. The van der Waals surface area contributed by atoms with Gasteiger partial charge in [0.1, 0.15) is 11.2 Å². The van der Waals surface area contributed by atoms with E-state index in [9.17, 15) is 0 Å². The Morgan fingerprint density at radius 3 is 1.72 bits per heavy atom. The third-order valence-electron chi connectivity index (χ3n) is 10.9. The van der Waals surface area contributed by atoms with E-state index in [2.05, 4.69) is 158 Å². The first-order valence-corrected chi connectivity index (χ1v) is 19.2. The molecule has 0 aliphatic carbocycles. The molecule has 0 spiro atoms. The van der Waals surface area contributed by atoms with Gasteiger partial charge in [-0.05, 0) is 79.7 Å². The zero-order valence-electron chi connectivity index (χ0n) is 30.8. The second kappa shape index (κ2) is 13.6. The Kier molecular flexibility index (Phi) is 7.78. The highest BCUT2D eigenvalue weighted by atomic mass is 16.3. The Morgan fingerprint density at radius 2 is 0.895 bits per heavy atom. The third-order valence-corrected chi connectivity index (χ3v) is 10.9. The van der Waals surface area contributed by atoms with Gasteiger partial charge < -0.3 is 4.42 Å². The summed E-state index contributed by atoms with van der Waals surface area (Å²) in [5.41, 5.74) is 11.0. The lowest BCUT2D eigenvalue weighted by molar-refractivity contribution is 0.670. The van der Waals surface area contributed by atoms with Crippen molar-refractivity contribution in [2.75, 3.05) is 0 Å². The van der Waals surface area contributed by atoms with E-state index in [1.54, 1.807) is 0 Å². The van der Waals surface area contributed by atoms with Crippen molar-refractivity contribution in [2.24, 2.45) is 0 Å². The molecule has 0 saturated heterocycles.